The number of hydrogen-bond acceptors (Lipinski definition) is 3. The maximum Gasteiger partial charge on any atom is 0.238 e. The topological polar surface area (TPSA) is 41.1 Å². The Morgan fingerprint density at radius 2 is 1.96 bits per heavy atom. The molecule has 0 saturated heterocycles. The Balaban J connectivity index is 1.69. The number of nitrogens with one attached hydrogen (secondary N) is 2. The monoisotopic (exact) mass is 432 g/mol. The van der Waals surface area contributed by atoms with Crippen LogP contribution in [0.3, 0.4) is 0 Å². The lowest BCUT2D eigenvalue weighted by Crippen LogP contribution is -2.31. The van der Waals surface area contributed by atoms with Crippen molar-refractivity contribution < 1.29 is 9.18 Å². The summed E-state index contributed by atoms with van der Waals surface area (Å²) in [7, 11) is 0. The lowest BCUT2D eigenvalue weighted by Gasteiger charge is -2.18. The SMILES string of the molecule is Cc1ccc(NC(=O)CN[C@@H](c2ccc(F)cc2)c2cccs2)c(Br)c1. The van der Waals surface area contributed by atoms with Gasteiger partial charge in [-0.25, -0.2) is 4.39 Å². The number of carbonyl (C=O) groups excluding carboxylic acids is 1. The highest BCUT2D eigenvalue weighted by atomic mass is 79.9. The number of benzene rings is 2. The van der Waals surface area contributed by atoms with Gasteiger partial charge in [-0.3, -0.25) is 10.1 Å². The summed E-state index contributed by atoms with van der Waals surface area (Å²) in [6.07, 6.45) is 0. The normalized spacial score (nSPS) is 12.0. The van der Waals surface area contributed by atoms with E-state index in [0.29, 0.717) is 0 Å². The van der Waals surface area contributed by atoms with Gasteiger partial charge in [0, 0.05) is 9.35 Å². The Morgan fingerprint density at radius 3 is 2.62 bits per heavy atom. The summed E-state index contributed by atoms with van der Waals surface area (Å²) in [5.74, 6) is -0.418. The zero-order chi connectivity index (χ0) is 18.5. The van der Waals surface area contributed by atoms with Crippen LogP contribution in [0.2, 0.25) is 0 Å². The van der Waals surface area contributed by atoms with E-state index in [4.69, 9.17) is 0 Å². The lowest BCUT2D eigenvalue weighted by atomic mass is 10.1. The molecule has 1 atom stereocenters. The third kappa shape index (κ3) is 4.78. The summed E-state index contributed by atoms with van der Waals surface area (Å²) in [5, 5.41) is 8.15. The highest BCUT2D eigenvalue weighted by Crippen LogP contribution is 2.26. The molecule has 0 aliphatic rings. The number of amides is 1. The van der Waals surface area contributed by atoms with Gasteiger partial charge in [0.2, 0.25) is 5.91 Å². The van der Waals surface area contributed by atoms with E-state index in [1.807, 2.05) is 42.6 Å². The molecule has 134 valence electrons. The smallest absolute Gasteiger partial charge is 0.238 e. The Labute approximate surface area is 164 Å². The fourth-order valence-corrected chi connectivity index (χ4v) is 4.02. The Bertz CT molecular complexity index is 881. The molecule has 0 aliphatic heterocycles. The van der Waals surface area contributed by atoms with Crippen molar-refractivity contribution in [3.8, 4) is 0 Å². The predicted molar refractivity (Wildman–Crippen MR) is 108 cm³/mol. The Morgan fingerprint density at radius 1 is 1.19 bits per heavy atom. The van der Waals surface area contributed by atoms with Crippen LogP contribution in [0.4, 0.5) is 10.1 Å². The van der Waals surface area contributed by atoms with Crippen molar-refractivity contribution in [1.82, 2.24) is 5.32 Å². The molecular formula is C20H18BrFN2OS. The molecule has 0 unspecified atom stereocenters. The molecule has 0 saturated carbocycles. The molecule has 3 nitrogen and oxygen atoms in total. The number of rotatable bonds is 6. The van der Waals surface area contributed by atoms with Crippen LogP contribution >= 0.6 is 27.3 Å². The molecule has 26 heavy (non-hydrogen) atoms. The second-order valence-electron chi connectivity index (χ2n) is 5.91. The second-order valence-corrected chi connectivity index (χ2v) is 7.75. The molecule has 3 aromatic rings. The van der Waals surface area contributed by atoms with Crippen LogP contribution in [-0.2, 0) is 4.79 Å². The maximum absolute atomic E-state index is 13.2. The van der Waals surface area contributed by atoms with E-state index in [1.165, 1.54) is 12.1 Å². The van der Waals surface area contributed by atoms with Crippen molar-refractivity contribution in [2.24, 2.45) is 0 Å². The first-order valence-corrected chi connectivity index (χ1v) is 9.78. The van der Waals surface area contributed by atoms with E-state index in [1.54, 1.807) is 23.5 Å². The number of thiophene rings is 1. The van der Waals surface area contributed by atoms with Gasteiger partial charge in [-0.15, -0.1) is 11.3 Å². The van der Waals surface area contributed by atoms with E-state index in [9.17, 15) is 9.18 Å². The van der Waals surface area contributed by atoms with E-state index < -0.39 is 0 Å². The first-order valence-electron chi connectivity index (χ1n) is 8.11. The molecule has 1 aromatic heterocycles. The molecule has 0 spiro atoms. The average molecular weight is 433 g/mol. The van der Waals surface area contributed by atoms with Crippen LogP contribution in [0.25, 0.3) is 0 Å². The summed E-state index contributed by atoms with van der Waals surface area (Å²) in [6, 6.07) is 15.9. The zero-order valence-electron chi connectivity index (χ0n) is 14.1. The molecular weight excluding hydrogens is 415 g/mol. The number of halogens is 2. The highest BCUT2D eigenvalue weighted by Gasteiger charge is 2.16. The van der Waals surface area contributed by atoms with Gasteiger partial charge in [0.1, 0.15) is 5.82 Å². The molecule has 2 aromatic carbocycles. The fourth-order valence-electron chi connectivity index (χ4n) is 2.60. The van der Waals surface area contributed by atoms with Crippen molar-refractivity contribution in [2.45, 2.75) is 13.0 Å². The van der Waals surface area contributed by atoms with Crippen LogP contribution < -0.4 is 10.6 Å². The minimum Gasteiger partial charge on any atom is -0.324 e. The molecule has 1 amide bonds. The largest absolute Gasteiger partial charge is 0.324 e. The molecule has 0 radical (unpaired) electrons. The lowest BCUT2D eigenvalue weighted by molar-refractivity contribution is -0.115. The zero-order valence-corrected chi connectivity index (χ0v) is 16.5. The standard InChI is InChI=1S/C20H18BrFN2OS/c1-13-4-9-17(16(21)11-13)24-19(25)12-23-20(18-3-2-10-26-18)14-5-7-15(22)8-6-14/h2-11,20,23H,12H2,1H3,(H,24,25)/t20-/m0/s1. The number of carbonyl (C=O) groups is 1. The maximum atomic E-state index is 13.2. The van der Waals surface area contributed by atoms with E-state index in [0.717, 1.165) is 26.2 Å². The summed E-state index contributed by atoms with van der Waals surface area (Å²) in [4.78, 5) is 13.4. The van der Waals surface area contributed by atoms with Gasteiger partial charge in [0.05, 0.1) is 18.3 Å². The van der Waals surface area contributed by atoms with Gasteiger partial charge >= 0.3 is 0 Å². The van der Waals surface area contributed by atoms with Gasteiger partial charge in [-0.05, 0) is 69.7 Å². The number of hydrogen-bond donors (Lipinski definition) is 2. The van der Waals surface area contributed by atoms with Crippen LogP contribution in [0.15, 0.2) is 64.5 Å². The highest BCUT2D eigenvalue weighted by molar-refractivity contribution is 9.10. The van der Waals surface area contributed by atoms with Crippen LogP contribution in [0, 0.1) is 12.7 Å². The molecule has 2 N–H and O–H groups in total. The van der Waals surface area contributed by atoms with E-state index >= 15 is 0 Å². The Hall–Kier alpha value is -2.02. The van der Waals surface area contributed by atoms with Crippen molar-refractivity contribution in [2.75, 3.05) is 11.9 Å². The van der Waals surface area contributed by atoms with Crippen molar-refractivity contribution >= 4 is 38.9 Å². The van der Waals surface area contributed by atoms with Crippen LogP contribution in [0.5, 0.6) is 0 Å². The summed E-state index contributed by atoms with van der Waals surface area (Å²) >= 11 is 5.06. The molecule has 3 rings (SSSR count). The number of aryl methyl sites for hydroxylation is 1. The molecule has 1 heterocycles. The average Bonchev–Trinajstić information content (AvgIpc) is 3.13. The van der Waals surface area contributed by atoms with Crippen molar-refractivity contribution in [1.29, 1.82) is 0 Å². The van der Waals surface area contributed by atoms with Crippen molar-refractivity contribution in [3.05, 3.63) is 86.3 Å². The van der Waals surface area contributed by atoms with Gasteiger partial charge in [0.25, 0.3) is 0 Å². The van der Waals surface area contributed by atoms with Gasteiger partial charge in [-0.2, -0.15) is 0 Å². The minimum absolute atomic E-state index is 0.139. The van der Waals surface area contributed by atoms with Crippen molar-refractivity contribution in [3.63, 3.8) is 0 Å². The van der Waals surface area contributed by atoms with Crippen LogP contribution in [-0.4, -0.2) is 12.5 Å². The summed E-state index contributed by atoms with van der Waals surface area (Å²) < 4.78 is 14.1. The molecule has 0 aliphatic carbocycles. The molecule has 0 bridgehead atoms. The molecule has 0 fully saturated rings. The second kappa shape index (κ2) is 8.58. The number of anilines is 1. The van der Waals surface area contributed by atoms with Crippen LogP contribution in [0.1, 0.15) is 22.0 Å². The van der Waals surface area contributed by atoms with Gasteiger partial charge in [0.15, 0.2) is 0 Å². The summed E-state index contributed by atoms with van der Waals surface area (Å²) in [6.45, 7) is 2.13. The molecule has 6 heteroatoms. The third-order valence-corrected chi connectivity index (χ3v) is 5.49. The minimum atomic E-state index is -0.277. The van der Waals surface area contributed by atoms with E-state index in [2.05, 4.69) is 26.6 Å². The first kappa shape index (κ1) is 18.8. The van der Waals surface area contributed by atoms with Gasteiger partial charge in [-0.1, -0.05) is 24.3 Å². The summed E-state index contributed by atoms with van der Waals surface area (Å²) in [5.41, 5.74) is 2.76. The first-order chi connectivity index (χ1) is 12.5. The third-order valence-electron chi connectivity index (χ3n) is 3.90. The quantitative estimate of drug-likeness (QED) is 0.556. The van der Waals surface area contributed by atoms with E-state index in [-0.39, 0.29) is 24.3 Å². The fraction of sp³-hybridized carbons (Fsp3) is 0.150. The predicted octanol–water partition coefficient (Wildman–Crippen LogP) is 5.28. The Kier molecular flexibility index (Phi) is 6.19. The van der Waals surface area contributed by atoms with Gasteiger partial charge < -0.3 is 5.32 Å².